The number of rotatable bonds is 5. The lowest BCUT2D eigenvalue weighted by Crippen LogP contribution is -2.37. The normalized spacial score (nSPS) is 11.4. The Labute approximate surface area is 119 Å². The van der Waals surface area contributed by atoms with Gasteiger partial charge in [-0.25, -0.2) is 9.78 Å². The van der Waals surface area contributed by atoms with E-state index in [4.69, 9.17) is 4.74 Å². The summed E-state index contributed by atoms with van der Waals surface area (Å²) in [4.78, 5) is 18.7. The summed E-state index contributed by atoms with van der Waals surface area (Å²) in [5.74, 6) is 0. The van der Waals surface area contributed by atoms with Gasteiger partial charge < -0.3 is 15.0 Å². The van der Waals surface area contributed by atoms with Gasteiger partial charge in [0.1, 0.15) is 5.60 Å². The first-order valence-electron chi connectivity index (χ1n) is 6.33. The molecule has 1 rings (SSSR count). The highest BCUT2D eigenvalue weighted by molar-refractivity contribution is 7.09. The number of likely N-dealkylation sites (N-methyl/N-ethyl adjacent to an activating group) is 1. The standard InChI is InChI=1S/C13H23N3O2S/c1-10-11(19-9-15-10)8-14-6-7-16(5)12(17)18-13(2,3)4/h9,14H,6-8H2,1-5H3. The second-order valence-electron chi connectivity index (χ2n) is 5.44. The van der Waals surface area contributed by atoms with Crippen LogP contribution in [0.25, 0.3) is 0 Å². The second kappa shape index (κ2) is 6.86. The van der Waals surface area contributed by atoms with Crippen molar-refractivity contribution in [1.82, 2.24) is 15.2 Å². The van der Waals surface area contributed by atoms with Gasteiger partial charge in [0.05, 0.1) is 11.2 Å². The topological polar surface area (TPSA) is 54.5 Å². The molecule has 0 fully saturated rings. The summed E-state index contributed by atoms with van der Waals surface area (Å²) in [7, 11) is 1.74. The molecule has 0 aliphatic rings. The van der Waals surface area contributed by atoms with E-state index in [1.807, 2.05) is 33.2 Å². The van der Waals surface area contributed by atoms with Crippen molar-refractivity contribution in [3.05, 3.63) is 16.1 Å². The molecule has 1 N–H and O–H groups in total. The zero-order chi connectivity index (χ0) is 14.5. The first-order chi connectivity index (χ1) is 8.79. The van der Waals surface area contributed by atoms with Gasteiger partial charge in [-0.3, -0.25) is 0 Å². The highest BCUT2D eigenvalue weighted by Gasteiger charge is 2.19. The second-order valence-corrected chi connectivity index (χ2v) is 6.38. The largest absolute Gasteiger partial charge is 0.444 e. The number of ether oxygens (including phenoxy) is 1. The molecule has 0 saturated carbocycles. The van der Waals surface area contributed by atoms with Crippen molar-refractivity contribution in [3.63, 3.8) is 0 Å². The number of carbonyl (C=O) groups excluding carboxylic acids is 1. The quantitative estimate of drug-likeness (QED) is 0.844. The highest BCUT2D eigenvalue weighted by atomic mass is 32.1. The third-order valence-electron chi connectivity index (χ3n) is 2.46. The fraction of sp³-hybridized carbons (Fsp3) is 0.692. The zero-order valence-electron chi connectivity index (χ0n) is 12.3. The van der Waals surface area contributed by atoms with Gasteiger partial charge in [-0.1, -0.05) is 0 Å². The average Bonchev–Trinajstić information content (AvgIpc) is 2.68. The summed E-state index contributed by atoms with van der Waals surface area (Å²) < 4.78 is 5.27. The van der Waals surface area contributed by atoms with Gasteiger partial charge in [0.2, 0.25) is 0 Å². The minimum Gasteiger partial charge on any atom is -0.444 e. The van der Waals surface area contributed by atoms with Gasteiger partial charge >= 0.3 is 6.09 Å². The third-order valence-corrected chi connectivity index (χ3v) is 3.39. The molecule has 0 aliphatic heterocycles. The van der Waals surface area contributed by atoms with E-state index in [0.717, 1.165) is 18.8 Å². The average molecular weight is 285 g/mol. The van der Waals surface area contributed by atoms with Crippen LogP contribution in [0.1, 0.15) is 31.3 Å². The fourth-order valence-electron chi connectivity index (χ4n) is 1.38. The Morgan fingerprint density at radius 3 is 2.74 bits per heavy atom. The molecule has 0 bridgehead atoms. The summed E-state index contributed by atoms with van der Waals surface area (Å²) >= 11 is 1.64. The van der Waals surface area contributed by atoms with Gasteiger partial charge in [0, 0.05) is 31.6 Å². The lowest BCUT2D eigenvalue weighted by molar-refractivity contribution is 0.0300. The molecule has 0 aromatic carbocycles. The molecule has 108 valence electrons. The number of carbonyl (C=O) groups is 1. The van der Waals surface area contributed by atoms with E-state index >= 15 is 0 Å². The molecule has 5 nitrogen and oxygen atoms in total. The first-order valence-corrected chi connectivity index (χ1v) is 7.21. The van der Waals surface area contributed by atoms with Crippen LogP contribution in [-0.2, 0) is 11.3 Å². The van der Waals surface area contributed by atoms with Gasteiger partial charge in [-0.2, -0.15) is 0 Å². The number of thiazole rings is 1. The molecule has 6 heteroatoms. The van der Waals surface area contributed by atoms with Crippen LogP contribution >= 0.6 is 11.3 Å². The number of hydrogen-bond acceptors (Lipinski definition) is 5. The van der Waals surface area contributed by atoms with Crippen molar-refractivity contribution in [2.75, 3.05) is 20.1 Å². The molecule has 0 spiro atoms. The molecule has 1 aromatic heterocycles. The van der Waals surface area contributed by atoms with Crippen molar-refractivity contribution in [2.24, 2.45) is 0 Å². The number of hydrogen-bond donors (Lipinski definition) is 1. The maximum absolute atomic E-state index is 11.7. The first kappa shape index (κ1) is 15.9. The van der Waals surface area contributed by atoms with Crippen LogP contribution in [0.15, 0.2) is 5.51 Å². The molecule has 0 saturated heterocycles. The molecule has 0 atom stereocenters. The Morgan fingerprint density at radius 1 is 1.53 bits per heavy atom. The zero-order valence-corrected chi connectivity index (χ0v) is 13.1. The lowest BCUT2D eigenvalue weighted by Gasteiger charge is -2.24. The number of aromatic nitrogens is 1. The summed E-state index contributed by atoms with van der Waals surface area (Å²) in [5, 5.41) is 3.30. The lowest BCUT2D eigenvalue weighted by atomic mass is 10.2. The SMILES string of the molecule is Cc1ncsc1CNCCN(C)C(=O)OC(C)(C)C. The van der Waals surface area contributed by atoms with Gasteiger partial charge in [-0.05, 0) is 27.7 Å². The van der Waals surface area contributed by atoms with Crippen LogP contribution in [0.3, 0.4) is 0 Å². The Hall–Kier alpha value is -1.14. The Kier molecular flexibility index (Phi) is 5.75. The van der Waals surface area contributed by atoms with Crippen molar-refractivity contribution < 1.29 is 9.53 Å². The van der Waals surface area contributed by atoms with Gasteiger partial charge in [0.15, 0.2) is 0 Å². The van der Waals surface area contributed by atoms with E-state index in [1.54, 1.807) is 23.3 Å². The molecule has 1 amide bonds. The number of nitrogens with zero attached hydrogens (tertiary/aromatic N) is 2. The van der Waals surface area contributed by atoms with Crippen LogP contribution in [0.4, 0.5) is 4.79 Å². The Balaban J connectivity index is 2.22. The smallest absolute Gasteiger partial charge is 0.410 e. The minimum atomic E-state index is -0.446. The van der Waals surface area contributed by atoms with Gasteiger partial charge in [0.25, 0.3) is 0 Å². The van der Waals surface area contributed by atoms with Crippen molar-refractivity contribution in [2.45, 2.75) is 39.8 Å². The number of aryl methyl sites for hydroxylation is 1. The molecule has 0 aliphatic carbocycles. The Bertz CT molecular complexity index is 412. The van der Waals surface area contributed by atoms with Gasteiger partial charge in [-0.15, -0.1) is 11.3 Å². The van der Waals surface area contributed by atoms with E-state index in [0.29, 0.717) is 6.54 Å². The molecule has 0 radical (unpaired) electrons. The molecule has 1 aromatic rings. The summed E-state index contributed by atoms with van der Waals surface area (Å²) in [6, 6.07) is 0. The summed E-state index contributed by atoms with van der Waals surface area (Å²) in [5.41, 5.74) is 2.47. The van der Waals surface area contributed by atoms with Crippen molar-refractivity contribution in [3.8, 4) is 0 Å². The van der Waals surface area contributed by atoms with Crippen molar-refractivity contribution >= 4 is 17.4 Å². The highest BCUT2D eigenvalue weighted by Crippen LogP contribution is 2.11. The Morgan fingerprint density at radius 2 is 2.21 bits per heavy atom. The van der Waals surface area contributed by atoms with Crippen LogP contribution < -0.4 is 5.32 Å². The monoisotopic (exact) mass is 285 g/mol. The fourth-order valence-corrected chi connectivity index (χ4v) is 2.12. The molecular formula is C13H23N3O2S. The van der Waals surface area contributed by atoms with E-state index in [1.165, 1.54) is 4.88 Å². The molecule has 1 heterocycles. The van der Waals surface area contributed by atoms with Crippen LogP contribution in [0.5, 0.6) is 0 Å². The number of nitrogens with one attached hydrogen (secondary N) is 1. The summed E-state index contributed by atoms with van der Waals surface area (Å²) in [6.07, 6.45) is -0.289. The maximum atomic E-state index is 11.7. The predicted octanol–water partition coefficient (Wildman–Crippen LogP) is 2.41. The van der Waals surface area contributed by atoms with Crippen LogP contribution in [0.2, 0.25) is 0 Å². The van der Waals surface area contributed by atoms with E-state index in [-0.39, 0.29) is 6.09 Å². The summed E-state index contributed by atoms with van der Waals surface area (Å²) in [6.45, 7) is 9.73. The predicted molar refractivity (Wildman–Crippen MR) is 77.4 cm³/mol. The van der Waals surface area contributed by atoms with E-state index in [9.17, 15) is 4.79 Å². The third kappa shape index (κ3) is 6.02. The van der Waals surface area contributed by atoms with E-state index in [2.05, 4.69) is 10.3 Å². The van der Waals surface area contributed by atoms with E-state index < -0.39 is 5.60 Å². The van der Waals surface area contributed by atoms with Crippen LogP contribution in [0, 0.1) is 6.92 Å². The van der Waals surface area contributed by atoms with Crippen LogP contribution in [-0.4, -0.2) is 41.7 Å². The maximum Gasteiger partial charge on any atom is 0.410 e. The molecule has 19 heavy (non-hydrogen) atoms. The minimum absolute atomic E-state index is 0.289. The molecule has 0 unspecified atom stereocenters. The van der Waals surface area contributed by atoms with Crippen molar-refractivity contribution in [1.29, 1.82) is 0 Å². The molecular weight excluding hydrogens is 262 g/mol. The number of amides is 1.